The van der Waals surface area contributed by atoms with Gasteiger partial charge in [0.2, 0.25) is 0 Å². The minimum absolute atomic E-state index is 0.0241. The van der Waals surface area contributed by atoms with Crippen LogP contribution in [0.4, 0.5) is 11.4 Å². The molecule has 2 N–H and O–H groups in total. The van der Waals surface area contributed by atoms with Crippen molar-refractivity contribution in [2.24, 2.45) is 0 Å². The predicted molar refractivity (Wildman–Crippen MR) is 123 cm³/mol. The molecule has 0 aliphatic heterocycles. The van der Waals surface area contributed by atoms with E-state index in [1.54, 1.807) is 33.0 Å². The molecule has 0 heterocycles. The quantitative estimate of drug-likeness (QED) is 0.556. The maximum atomic E-state index is 13.0. The number of hydrogen-bond donors (Lipinski definition) is 2. The standard InChI is InChI=1S/C24H26N2O4S/c1-16-12-17(2)23(18(3)13-16)31(29,30)25-20-10-11-22(21(14-20)24(27)28)26(4)15-19-8-6-5-7-9-19/h5-14,25H,15H2,1-4H3,(H,27,28). The van der Waals surface area contributed by atoms with Crippen LogP contribution in [0.2, 0.25) is 0 Å². The molecule has 0 saturated carbocycles. The summed E-state index contributed by atoms with van der Waals surface area (Å²) in [6.07, 6.45) is 0. The first-order valence-electron chi connectivity index (χ1n) is 9.81. The Balaban J connectivity index is 1.93. The average molecular weight is 439 g/mol. The molecular weight excluding hydrogens is 412 g/mol. The third kappa shape index (κ3) is 5.06. The number of aromatic carboxylic acids is 1. The molecule has 0 fully saturated rings. The van der Waals surface area contributed by atoms with E-state index in [0.29, 0.717) is 23.4 Å². The minimum Gasteiger partial charge on any atom is -0.478 e. The molecule has 0 saturated heterocycles. The van der Waals surface area contributed by atoms with Crippen LogP contribution in [-0.4, -0.2) is 26.5 Å². The largest absolute Gasteiger partial charge is 0.478 e. The van der Waals surface area contributed by atoms with Crippen molar-refractivity contribution in [2.75, 3.05) is 16.7 Å². The molecule has 7 heteroatoms. The van der Waals surface area contributed by atoms with Gasteiger partial charge in [-0.3, -0.25) is 4.72 Å². The first-order chi connectivity index (χ1) is 14.6. The second-order valence-corrected chi connectivity index (χ2v) is 9.33. The molecule has 0 aliphatic rings. The maximum Gasteiger partial charge on any atom is 0.337 e. The third-order valence-corrected chi connectivity index (χ3v) is 6.71. The third-order valence-electron chi connectivity index (χ3n) is 5.03. The van der Waals surface area contributed by atoms with Crippen LogP contribution in [0, 0.1) is 20.8 Å². The van der Waals surface area contributed by atoms with E-state index in [4.69, 9.17) is 0 Å². The fourth-order valence-corrected chi connectivity index (χ4v) is 5.35. The molecular formula is C24H26N2O4S. The number of carboxylic acids is 1. The van der Waals surface area contributed by atoms with E-state index in [-0.39, 0.29) is 16.1 Å². The zero-order valence-corrected chi connectivity index (χ0v) is 18.8. The molecule has 0 amide bonds. The summed E-state index contributed by atoms with van der Waals surface area (Å²) in [5, 5.41) is 9.74. The monoisotopic (exact) mass is 438 g/mol. The van der Waals surface area contributed by atoms with Crippen LogP contribution < -0.4 is 9.62 Å². The van der Waals surface area contributed by atoms with E-state index in [0.717, 1.165) is 11.1 Å². The van der Waals surface area contributed by atoms with Crippen LogP contribution in [0.1, 0.15) is 32.6 Å². The van der Waals surface area contributed by atoms with Crippen molar-refractivity contribution in [1.29, 1.82) is 0 Å². The summed E-state index contributed by atoms with van der Waals surface area (Å²) in [5.74, 6) is -1.13. The summed E-state index contributed by atoms with van der Waals surface area (Å²) in [6, 6.07) is 17.9. The van der Waals surface area contributed by atoms with Gasteiger partial charge in [-0.2, -0.15) is 0 Å². The van der Waals surface area contributed by atoms with E-state index in [2.05, 4.69) is 4.72 Å². The fourth-order valence-electron chi connectivity index (χ4n) is 3.84. The van der Waals surface area contributed by atoms with Gasteiger partial charge in [0.1, 0.15) is 0 Å². The maximum absolute atomic E-state index is 13.0. The Morgan fingerprint density at radius 3 is 2.16 bits per heavy atom. The van der Waals surface area contributed by atoms with Gasteiger partial charge in [-0.25, -0.2) is 13.2 Å². The summed E-state index contributed by atoms with van der Waals surface area (Å²) in [5.41, 5.74) is 4.03. The number of nitrogens with zero attached hydrogens (tertiary/aromatic N) is 1. The second kappa shape index (κ2) is 8.81. The molecule has 31 heavy (non-hydrogen) atoms. The summed E-state index contributed by atoms with van der Waals surface area (Å²) in [4.78, 5) is 13.9. The molecule has 3 rings (SSSR count). The molecule has 162 valence electrons. The molecule has 0 radical (unpaired) electrons. The first kappa shape index (κ1) is 22.4. The number of anilines is 2. The number of hydrogen-bond acceptors (Lipinski definition) is 4. The molecule has 6 nitrogen and oxygen atoms in total. The molecule has 0 aromatic heterocycles. The van der Waals surface area contributed by atoms with E-state index in [1.807, 2.05) is 54.3 Å². The smallest absolute Gasteiger partial charge is 0.337 e. The Labute approximate surface area is 183 Å². The molecule has 3 aromatic rings. The molecule has 0 aliphatic carbocycles. The van der Waals surface area contributed by atoms with Gasteiger partial charge in [-0.15, -0.1) is 0 Å². The van der Waals surface area contributed by atoms with Gasteiger partial charge in [-0.1, -0.05) is 48.0 Å². The lowest BCUT2D eigenvalue weighted by molar-refractivity contribution is 0.0697. The number of carbonyl (C=O) groups is 1. The second-order valence-electron chi connectivity index (χ2n) is 7.71. The Kier molecular flexibility index (Phi) is 6.36. The zero-order chi connectivity index (χ0) is 22.8. The number of aryl methyl sites for hydroxylation is 3. The molecule has 0 unspecified atom stereocenters. The minimum atomic E-state index is -3.87. The van der Waals surface area contributed by atoms with Crippen molar-refractivity contribution in [3.05, 3.63) is 88.5 Å². The van der Waals surface area contributed by atoms with Gasteiger partial charge >= 0.3 is 5.97 Å². The van der Waals surface area contributed by atoms with E-state index in [9.17, 15) is 18.3 Å². The number of sulfonamides is 1. The van der Waals surface area contributed by atoms with Gasteiger partial charge < -0.3 is 10.0 Å². The van der Waals surface area contributed by atoms with Crippen LogP contribution in [0.15, 0.2) is 65.6 Å². The van der Waals surface area contributed by atoms with Gasteiger partial charge in [0.25, 0.3) is 10.0 Å². The lowest BCUT2D eigenvalue weighted by Crippen LogP contribution is -2.20. The highest BCUT2D eigenvalue weighted by atomic mass is 32.2. The van der Waals surface area contributed by atoms with Gasteiger partial charge in [0.05, 0.1) is 16.1 Å². The fraction of sp³-hybridized carbons (Fsp3) is 0.208. The Hall–Kier alpha value is -3.32. The Morgan fingerprint density at radius 1 is 0.968 bits per heavy atom. The van der Waals surface area contributed by atoms with Crippen molar-refractivity contribution in [1.82, 2.24) is 0 Å². The Bertz CT molecular complexity index is 1200. The van der Waals surface area contributed by atoms with Gasteiger partial charge in [0, 0.05) is 19.3 Å². The molecule has 0 atom stereocenters. The zero-order valence-electron chi connectivity index (χ0n) is 18.0. The van der Waals surface area contributed by atoms with E-state index in [1.165, 1.54) is 6.07 Å². The van der Waals surface area contributed by atoms with Crippen LogP contribution in [-0.2, 0) is 16.6 Å². The van der Waals surface area contributed by atoms with Crippen LogP contribution >= 0.6 is 0 Å². The van der Waals surface area contributed by atoms with E-state index < -0.39 is 16.0 Å². The lowest BCUT2D eigenvalue weighted by Gasteiger charge is -2.22. The predicted octanol–water partition coefficient (Wildman–Crippen LogP) is 4.75. The number of rotatable bonds is 7. The van der Waals surface area contributed by atoms with E-state index >= 15 is 0 Å². The molecule has 3 aromatic carbocycles. The average Bonchev–Trinajstić information content (AvgIpc) is 2.67. The van der Waals surface area contributed by atoms with Crippen LogP contribution in [0.3, 0.4) is 0 Å². The first-order valence-corrected chi connectivity index (χ1v) is 11.3. The summed E-state index contributed by atoms with van der Waals surface area (Å²) in [7, 11) is -2.07. The highest BCUT2D eigenvalue weighted by Crippen LogP contribution is 2.28. The van der Waals surface area contributed by atoms with Gasteiger partial charge in [-0.05, 0) is 55.7 Å². The molecule has 0 bridgehead atoms. The summed E-state index contributed by atoms with van der Waals surface area (Å²) in [6.45, 7) is 5.93. The van der Waals surface area contributed by atoms with Crippen molar-refractivity contribution in [3.8, 4) is 0 Å². The van der Waals surface area contributed by atoms with Crippen molar-refractivity contribution < 1.29 is 18.3 Å². The van der Waals surface area contributed by atoms with Crippen LogP contribution in [0.5, 0.6) is 0 Å². The number of benzene rings is 3. The van der Waals surface area contributed by atoms with Crippen LogP contribution in [0.25, 0.3) is 0 Å². The van der Waals surface area contributed by atoms with Crippen molar-refractivity contribution in [2.45, 2.75) is 32.2 Å². The highest BCUT2D eigenvalue weighted by Gasteiger charge is 2.22. The van der Waals surface area contributed by atoms with Crippen molar-refractivity contribution >= 4 is 27.4 Å². The lowest BCUT2D eigenvalue weighted by atomic mass is 10.1. The Morgan fingerprint density at radius 2 is 1.58 bits per heavy atom. The number of carboxylic acid groups (broad SMARTS) is 1. The topological polar surface area (TPSA) is 86.7 Å². The SMILES string of the molecule is Cc1cc(C)c(S(=O)(=O)Nc2ccc(N(C)Cc3ccccc3)c(C(=O)O)c2)c(C)c1. The normalized spacial score (nSPS) is 11.2. The van der Waals surface area contributed by atoms with Gasteiger partial charge in [0.15, 0.2) is 0 Å². The van der Waals surface area contributed by atoms with Crippen molar-refractivity contribution in [3.63, 3.8) is 0 Å². The summed E-state index contributed by atoms with van der Waals surface area (Å²) >= 11 is 0. The summed E-state index contributed by atoms with van der Waals surface area (Å²) < 4.78 is 28.6. The highest BCUT2D eigenvalue weighted by molar-refractivity contribution is 7.92. The number of nitrogens with one attached hydrogen (secondary N) is 1. The molecule has 0 spiro atoms.